The lowest BCUT2D eigenvalue weighted by molar-refractivity contribution is -0.135. The molecule has 1 aromatic rings. The van der Waals surface area contributed by atoms with E-state index in [9.17, 15) is 4.79 Å². The van der Waals surface area contributed by atoms with Crippen molar-refractivity contribution in [2.75, 3.05) is 13.7 Å². The third kappa shape index (κ3) is 1.73. The van der Waals surface area contributed by atoms with E-state index in [0.29, 0.717) is 12.2 Å². The number of carbonyl (C=O) groups is 1. The van der Waals surface area contributed by atoms with E-state index in [4.69, 9.17) is 9.47 Å². The highest BCUT2D eigenvalue weighted by molar-refractivity contribution is 5.91. The Labute approximate surface area is 88.3 Å². The molecule has 0 unspecified atom stereocenters. The third-order valence-electron chi connectivity index (χ3n) is 2.58. The molecule has 0 aliphatic carbocycles. The molecule has 15 heavy (non-hydrogen) atoms. The van der Waals surface area contributed by atoms with E-state index in [2.05, 4.69) is 6.58 Å². The average Bonchev–Trinajstić information content (AvgIpc) is 2.60. The lowest BCUT2D eigenvalue weighted by Crippen LogP contribution is -2.00. The standard InChI is InChI=1S/C12H12O3/c1-8-11(7-15-12(8)13)9-3-5-10(14-2)6-4-9/h3-6,11H,1,7H2,2H3/t11-/m1/s1. The summed E-state index contributed by atoms with van der Waals surface area (Å²) in [5.74, 6) is 0.494. The highest BCUT2D eigenvalue weighted by Crippen LogP contribution is 2.30. The lowest BCUT2D eigenvalue weighted by atomic mass is 9.95. The van der Waals surface area contributed by atoms with Crippen molar-refractivity contribution in [3.8, 4) is 5.75 Å². The van der Waals surface area contributed by atoms with E-state index in [1.165, 1.54) is 0 Å². The summed E-state index contributed by atoms with van der Waals surface area (Å²) in [5.41, 5.74) is 1.56. The molecule has 0 saturated carbocycles. The van der Waals surface area contributed by atoms with Crippen molar-refractivity contribution in [2.24, 2.45) is 0 Å². The summed E-state index contributed by atoms with van der Waals surface area (Å²) < 4.78 is 9.98. The molecule has 3 nitrogen and oxygen atoms in total. The number of carbonyl (C=O) groups excluding carboxylic acids is 1. The van der Waals surface area contributed by atoms with Crippen molar-refractivity contribution in [1.82, 2.24) is 0 Å². The van der Waals surface area contributed by atoms with Crippen molar-refractivity contribution >= 4 is 5.97 Å². The summed E-state index contributed by atoms with van der Waals surface area (Å²) in [6, 6.07) is 7.59. The molecule has 3 heteroatoms. The molecule has 0 amide bonds. The maximum Gasteiger partial charge on any atom is 0.334 e. The second-order valence-corrected chi connectivity index (χ2v) is 3.45. The zero-order chi connectivity index (χ0) is 10.8. The Balaban J connectivity index is 2.23. The molecule has 0 spiro atoms. The topological polar surface area (TPSA) is 35.5 Å². The first-order chi connectivity index (χ1) is 7.22. The Morgan fingerprint density at radius 2 is 2.07 bits per heavy atom. The molecule has 1 fully saturated rings. The second kappa shape index (κ2) is 3.77. The van der Waals surface area contributed by atoms with Crippen LogP contribution in [-0.2, 0) is 9.53 Å². The van der Waals surface area contributed by atoms with Crippen molar-refractivity contribution in [2.45, 2.75) is 5.92 Å². The van der Waals surface area contributed by atoms with Crippen LogP contribution in [0.2, 0.25) is 0 Å². The maximum absolute atomic E-state index is 11.1. The molecule has 0 aromatic heterocycles. The van der Waals surface area contributed by atoms with Gasteiger partial charge in [-0.05, 0) is 17.7 Å². The van der Waals surface area contributed by atoms with Gasteiger partial charge in [0, 0.05) is 11.5 Å². The van der Waals surface area contributed by atoms with E-state index in [1.54, 1.807) is 7.11 Å². The highest BCUT2D eigenvalue weighted by atomic mass is 16.5. The van der Waals surface area contributed by atoms with Gasteiger partial charge in [0.05, 0.1) is 7.11 Å². The van der Waals surface area contributed by atoms with Gasteiger partial charge in [-0.15, -0.1) is 0 Å². The fraction of sp³-hybridized carbons (Fsp3) is 0.250. The summed E-state index contributed by atoms with van der Waals surface area (Å²) in [4.78, 5) is 11.1. The zero-order valence-corrected chi connectivity index (χ0v) is 8.53. The minimum atomic E-state index is -0.296. The van der Waals surface area contributed by atoms with Gasteiger partial charge >= 0.3 is 5.97 Å². The van der Waals surface area contributed by atoms with E-state index in [1.807, 2.05) is 24.3 Å². The van der Waals surface area contributed by atoms with Gasteiger partial charge in [-0.3, -0.25) is 0 Å². The molecule has 1 aliphatic heterocycles. The Morgan fingerprint density at radius 1 is 1.40 bits per heavy atom. The third-order valence-corrected chi connectivity index (χ3v) is 2.58. The number of methoxy groups -OCH3 is 1. The first kappa shape index (κ1) is 9.77. The van der Waals surface area contributed by atoms with Gasteiger partial charge in [-0.25, -0.2) is 4.79 Å². The van der Waals surface area contributed by atoms with E-state index >= 15 is 0 Å². The number of benzene rings is 1. The molecule has 1 atom stereocenters. The summed E-state index contributed by atoms with van der Waals surface area (Å²) in [5, 5.41) is 0. The van der Waals surface area contributed by atoms with Crippen LogP contribution >= 0.6 is 0 Å². The van der Waals surface area contributed by atoms with Crippen LogP contribution in [0.4, 0.5) is 0 Å². The predicted molar refractivity (Wildman–Crippen MR) is 55.8 cm³/mol. The molecular weight excluding hydrogens is 192 g/mol. The van der Waals surface area contributed by atoms with E-state index in [-0.39, 0.29) is 11.9 Å². The molecule has 1 aromatic carbocycles. The van der Waals surface area contributed by atoms with Gasteiger partial charge in [-0.2, -0.15) is 0 Å². The highest BCUT2D eigenvalue weighted by Gasteiger charge is 2.29. The Bertz CT molecular complexity index is 392. The van der Waals surface area contributed by atoms with Crippen molar-refractivity contribution in [1.29, 1.82) is 0 Å². The van der Waals surface area contributed by atoms with Crippen LogP contribution in [0.5, 0.6) is 5.75 Å². The van der Waals surface area contributed by atoms with Crippen LogP contribution in [0, 0.1) is 0 Å². The normalized spacial score (nSPS) is 20.2. The number of cyclic esters (lactones) is 1. The summed E-state index contributed by atoms with van der Waals surface area (Å²) >= 11 is 0. The van der Waals surface area contributed by atoms with Gasteiger partial charge in [-0.1, -0.05) is 18.7 Å². The molecule has 0 bridgehead atoms. The SMILES string of the molecule is C=C1C(=O)OC[C@H]1c1ccc(OC)cc1. The van der Waals surface area contributed by atoms with Crippen LogP contribution in [0.3, 0.4) is 0 Å². The molecule has 1 heterocycles. The molecule has 1 saturated heterocycles. The first-order valence-corrected chi connectivity index (χ1v) is 4.72. The van der Waals surface area contributed by atoms with Gasteiger partial charge in [0.15, 0.2) is 0 Å². The van der Waals surface area contributed by atoms with Gasteiger partial charge in [0.1, 0.15) is 12.4 Å². The number of hydrogen-bond donors (Lipinski definition) is 0. The molecular formula is C12H12O3. The molecule has 2 rings (SSSR count). The molecule has 0 N–H and O–H groups in total. The number of hydrogen-bond acceptors (Lipinski definition) is 3. The number of rotatable bonds is 2. The van der Waals surface area contributed by atoms with Crippen LogP contribution in [-0.4, -0.2) is 19.7 Å². The first-order valence-electron chi connectivity index (χ1n) is 4.72. The van der Waals surface area contributed by atoms with Crippen LogP contribution in [0.1, 0.15) is 11.5 Å². The Kier molecular flexibility index (Phi) is 2.46. The minimum Gasteiger partial charge on any atom is -0.497 e. The van der Waals surface area contributed by atoms with Crippen LogP contribution in [0.25, 0.3) is 0 Å². The van der Waals surface area contributed by atoms with Gasteiger partial charge in [0.2, 0.25) is 0 Å². The summed E-state index contributed by atoms with van der Waals surface area (Å²) in [6.07, 6.45) is 0. The fourth-order valence-electron chi connectivity index (χ4n) is 1.63. The van der Waals surface area contributed by atoms with Crippen molar-refractivity contribution in [3.63, 3.8) is 0 Å². The van der Waals surface area contributed by atoms with Crippen molar-refractivity contribution < 1.29 is 14.3 Å². The number of ether oxygens (including phenoxy) is 2. The van der Waals surface area contributed by atoms with Gasteiger partial charge in [0.25, 0.3) is 0 Å². The fourth-order valence-corrected chi connectivity index (χ4v) is 1.63. The van der Waals surface area contributed by atoms with Crippen molar-refractivity contribution in [3.05, 3.63) is 42.0 Å². The number of esters is 1. The Morgan fingerprint density at radius 3 is 2.53 bits per heavy atom. The smallest absolute Gasteiger partial charge is 0.334 e. The zero-order valence-electron chi connectivity index (χ0n) is 8.53. The van der Waals surface area contributed by atoms with Crippen LogP contribution in [0.15, 0.2) is 36.4 Å². The average molecular weight is 204 g/mol. The Hall–Kier alpha value is -1.77. The second-order valence-electron chi connectivity index (χ2n) is 3.45. The van der Waals surface area contributed by atoms with E-state index in [0.717, 1.165) is 11.3 Å². The largest absolute Gasteiger partial charge is 0.497 e. The molecule has 78 valence electrons. The summed E-state index contributed by atoms with van der Waals surface area (Å²) in [6.45, 7) is 4.12. The van der Waals surface area contributed by atoms with E-state index < -0.39 is 0 Å². The quantitative estimate of drug-likeness (QED) is 0.545. The van der Waals surface area contributed by atoms with Crippen LogP contribution < -0.4 is 4.74 Å². The monoisotopic (exact) mass is 204 g/mol. The lowest BCUT2D eigenvalue weighted by Gasteiger charge is -2.08. The van der Waals surface area contributed by atoms with Gasteiger partial charge < -0.3 is 9.47 Å². The maximum atomic E-state index is 11.1. The predicted octanol–water partition coefficient (Wildman–Crippen LogP) is 1.89. The summed E-state index contributed by atoms with van der Waals surface area (Å²) in [7, 11) is 1.62. The molecule has 0 radical (unpaired) electrons. The minimum absolute atomic E-state index is 0.0107. The molecule has 1 aliphatic rings.